The molecule has 0 aromatic heterocycles. The number of nitrogens with zero attached hydrogens (tertiary/aromatic N) is 1. The minimum absolute atomic E-state index is 0.191. The van der Waals surface area contributed by atoms with Gasteiger partial charge in [-0.3, -0.25) is 0 Å². The largest absolute Gasteiger partial charge is 0.320 e. The van der Waals surface area contributed by atoms with Gasteiger partial charge in [0.25, 0.3) is 0 Å². The van der Waals surface area contributed by atoms with Gasteiger partial charge in [-0.15, -0.1) is 0 Å². The van der Waals surface area contributed by atoms with E-state index in [0.717, 1.165) is 17.5 Å². The lowest BCUT2D eigenvalue weighted by Crippen LogP contribution is -2.29. The maximum Gasteiger partial charge on any atom is 0.214 e. The van der Waals surface area contributed by atoms with Gasteiger partial charge in [-0.1, -0.05) is 43.4 Å². The zero-order chi connectivity index (χ0) is 15.0. The highest BCUT2D eigenvalue weighted by Gasteiger charge is 2.17. The van der Waals surface area contributed by atoms with Crippen molar-refractivity contribution in [2.45, 2.75) is 26.3 Å². The third kappa shape index (κ3) is 4.97. The Morgan fingerprint density at radius 2 is 2.00 bits per heavy atom. The second kappa shape index (κ2) is 8.05. The standard InChI is InChI=1S/C15H22N2O2S/c1-3-4-12-20(18,19)17(2)13-15-9-6-5-8-14(15)10-7-11-16/h5-6,8-9H,3-4,11-13,16H2,1-2H3. The van der Waals surface area contributed by atoms with Crippen LogP contribution < -0.4 is 5.73 Å². The van der Waals surface area contributed by atoms with Crippen LogP contribution in [0.25, 0.3) is 0 Å². The van der Waals surface area contributed by atoms with Crippen LogP contribution in [0.4, 0.5) is 0 Å². The molecule has 1 rings (SSSR count). The molecule has 0 fully saturated rings. The minimum Gasteiger partial charge on any atom is -0.320 e. The van der Waals surface area contributed by atoms with Crippen LogP contribution in [0.3, 0.4) is 0 Å². The number of nitrogens with two attached hydrogens (primary N) is 1. The van der Waals surface area contributed by atoms with Crippen molar-refractivity contribution in [3.8, 4) is 11.8 Å². The van der Waals surface area contributed by atoms with Crippen LogP contribution in [-0.2, 0) is 16.6 Å². The Labute approximate surface area is 122 Å². The smallest absolute Gasteiger partial charge is 0.214 e. The SMILES string of the molecule is CCCCS(=O)(=O)N(C)Cc1ccccc1C#CCN. The fraction of sp³-hybridized carbons (Fsp3) is 0.467. The van der Waals surface area contributed by atoms with E-state index in [2.05, 4.69) is 11.8 Å². The predicted molar refractivity (Wildman–Crippen MR) is 82.5 cm³/mol. The number of hydrogen-bond acceptors (Lipinski definition) is 3. The van der Waals surface area contributed by atoms with Gasteiger partial charge < -0.3 is 5.73 Å². The average molecular weight is 294 g/mol. The Balaban J connectivity index is 2.88. The molecule has 110 valence electrons. The van der Waals surface area contributed by atoms with Crippen molar-refractivity contribution >= 4 is 10.0 Å². The maximum atomic E-state index is 12.1. The highest BCUT2D eigenvalue weighted by molar-refractivity contribution is 7.89. The first-order valence-corrected chi connectivity index (χ1v) is 8.33. The third-order valence-electron chi connectivity index (χ3n) is 2.97. The lowest BCUT2D eigenvalue weighted by Gasteiger charge is -2.17. The van der Waals surface area contributed by atoms with Crippen molar-refractivity contribution in [1.29, 1.82) is 0 Å². The molecule has 0 aliphatic rings. The van der Waals surface area contributed by atoms with E-state index >= 15 is 0 Å². The molecule has 0 aliphatic carbocycles. The summed E-state index contributed by atoms with van der Waals surface area (Å²) < 4.78 is 25.6. The Bertz CT molecular complexity index is 585. The summed E-state index contributed by atoms with van der Waals surface area (Å²) in [5, 5.41) is 0. The van der Waals surface area contributed by atoms with Crippen LogP contribution in [0.2, 0.25) is 0 Å². The van der Waals surface area contributed by atoms with Crippen LogP contribution >= 0.6 is 0 Å². The summed E-state index contributed by atoms with van der Waals surface area (Å²) in [5.74, 6) is 5.97. The predicted octanol–water partition coefficient (Wildman–Crippen LogP) is 1.56. The number of rotatable bonds is 6. The molecule has 4 nitrogen and oxygen atoms in total. The molecule has 0 heterocycles. The Kier molecular flexibility index (Phi) is 6.73. The summed E-state index contributed by atoms with van der Waals surface area (Å²) in [5.41, 5.74) is 7.10. The monoisotopic (exact) mass is 294 g/mol. The molecule has 5 heteroatoms. The lowest BCUT2D eigenvalue weighted by molar-refractivity contribution is 0.464. The molecule has 0 spiro atoms. The average Bonchev–Trinajstić information content (AvgIpc) is 2.44. The zero-order valence-corrected chi connectivity index (χ0v) is 12.9. The molecule has 0 unspecified atom stereocenters. The minimum atomic E-state index is -3.20. The Morgan fingerprint density at radius 3 is 2.65 bits per heavy atom. The van der Waals surface area contributed by atoms with Crippen LogP contribution in [0.15, 0.2) is 24.3 Å². The van der Waals surface area contributed by atoms with Crippen molar-refractivity contribution in [3.05, 3.63) is 35.4 Å². The first-order valence-electron chi connectivity index (χ1n) is 6.72. The van der Waals surface area contributed by atoms with Crippen molar-refractivity contribution in [3.63, 3.8) is 0 Å². The highest BCUT2D eigenvalue weighted by Crippen LogP contribution is 2.13. The molecule has 0 bridgehead atoms. The van der Waals surface area contributed by atoms with Crippen LogP contribution in [0, 0.1) is 11.8 Å². The van der Waals surface area contributed by atoms with E-state index in [4.69, 9.17) is 5.73 Å². The van der Waals surface area contributed by atoms with Gasteiger partial charge in [-0.25, -0.2) is 12.7 Å². The summed E-state index contributed by atoms with van der Waals surface area (Å²) >= 11 is 0. The van der Waals surface area contributed by atoms with Gasteiger partial charge in [0, 0.05) is 19.2 Å². The fourth-order valence-electron chi connectivity index (χ4n) is 1.75. The van der Waals surface area contributed by atoms with Crippen LogP contribution in [-0.4, -0.2) is 32.1 Å². The molecule has 1 aromatic carbocycles. The molecular formula is C15H22N2O2S. The summed E-state index contributed by atoms with van der Waals surface area (Å²) in [7, 11) is -1.59. The van der Waals surface area contributed by atoms with Crippen LogP contribution in [0.1, 0.15) is 30.9 Å². The van der Waals surface area contributed by atoms with E-state index in [-0.39, 0.29) is 5.75 Å². The highest BCUT2D eigenvalue weighted by atomic mass is 32.2. The topological polar surface area (TPSA) is 63.4 Å². The maximum absolute atomic E-state index is 12.1. The summed E-state index contributed by atoms with van der Waals surface area (Å²) in [6.45, 7) is 2.60. The summed E-state index contributed by atoms with van der Waals surface area (Å²) in [4.78, 5) is 0. The van der Waals surface area contributed by atoms with E-state index in [1.54, 1.807) is 7.05 Å². The van der Waals surface area contributed by atoms with Gasteiger partial charge in [0.05, 0.1) is 12.3 Å². The molecule has 20 heavy (non-hydrogen) atoms. The van der Waals surface area contributed by atoms with E-state index in [9.17, 15) is 8.42 Å². The molecule has 0 amide bonds. The Hall–Kier alpha value is -1.35. The molecular weight excluding hydrogens is 272 g/mol. The number of unbranched alkanes of at least 4 members (excludes halogenated alkanes) is 1. The number of sulfonamides is 1. The first-order chi connectivity index (χ1) is 9.51. The third-order valence-corrected chi connectivity index (χ3v) is 4.85. The second-order valence-corrected chi connectivity index (χ2v) is 6.78. The molecule has 0 atom stereocenters. The van der Waals surface area contributed by atoms with Gasteiger partial charge in [-0.2, -0.15) is 0 Å². The van der Waals surface area contributed by atoms with E-state index in [1.165, 1.54) is 4.31 Å². The normalized spacial score (nSPS) is 11.2. The number of hydrogen-bond donors (Lipinski definition) is 1. The van der Waals surface area contributed by atoms with Crippen molar-refractivity contribution in [2.75, 3.05) is 19.3 Å². The first kappa shape index (κ1) is 16.7. The second-order valence-electron chi connectivity index (χ2n) is 4.59. The van der Waals surface area contributed by atoms with Gasteiger partial charge in [0.1, 0.15) is 0 Å². The quantitative estimate of drug-likeness (QED) is 0.810. The number of benzene rings is 1. The van der Waals surface area contributed by atoms with E-state index in [0.29, 0.717) is 19.5 Å². The van der Waals surface area contributed by atoms with Gasteiger partial charge in [-0.05, 0) is 18.1 Å². The van der Waals surface area contributed by atoms with E-state index < -0.39 is 10.0 Å². The molecule has 0 saturated carbocycles. The molecule has 0 aliphatic heterocycles. The summed E-state index contributed by atoms with van der Waals surface area (Å²) in [6.07, 6.45) is 1.55. The van der Waals surface area contributed by atoms with Crippen molar-refractivity contribution in [1.82, 2.24) is 4.31 Å². The summed E-state index contributed by atoms with van der Waals surface area (Å²) in [6, 6.07) is 7.54. The van der Waals surface area contributed by atoms with Gasteiger partial charge in [0.15, 0.2) is 0 Å². The van der Waals surface area contributed by atoms with Gasteiger partial charge >= 0.3 is 0 Å². The Morgan fingerprint density at radius 1 is 1.30 bits per heavy atom. The zero-order valence-electron chi connectivity index (χ0n) is 12.1. The fourth-order valence-corrected chi connectivity index (χ4v) is 3.05. The lowest BCUT2D eigenvalue weighted by atomic mass is 10.1. The molecule has 2 N–H and O–H groups in total. The van der Waals surface area contributed by atoms with Crippen molar-refractivity contribution < 1.29 is 8.42 Å². The van der Waals surface area contributed by atoms with Gasteiger partial charge in [0.2, 0.25) is 10.0 Å². The van der Waals surface area contributed by atoms with Crippen LogP contribution in [0.5, 0.6) is 0 Å². The molecule has 0 saturated heterocycles. The molecule has 1 aromatic rings. The van der Waals surface area contributed by atoms with Crippen molar-refractivity contribution in [2.24, 2.45) is 5.73 Å². The van der Waals surface area contributed by atoms with E-state index in [1.807, 2.05) is 31.2 Å². The molecule has 0 radical (unpaired) electrons.